The molecule has 3 aromatic heterocycles. The van der Waals surface area contributed by atoms with Crippen LogP contribution in [0.15, 0.2) is 67.0 Å². The standard InChI is InChI=1S/C40H42ClN11O3/c1-42-32-21-36(48-52-35(22-44-38(32)52)40(55)46-25-5-6-25)51-14-12-28-27(3-2-4-33(28)51)31-19-24(11-13-43-31)23-49-15-17-50(18-16-49)34-9-7-26(20-29(34)41)45-30-8-10-37(53)47-39(30)54/h2-4,7,9,11,13,19-22,25,30,42,45H,5-6,8,10,12,14-18,23H2,1H3,(H,46,55)(H,47,53,54). The van der Waals surface area contributed by atoms with Crippen molar-refractivity contribution in [3.05, 3.63) is 88.8 Å². The fourth-order valence-corrected chi connectivity index (χ4v) is 8.14. The molecule has 1 saturated carbocycles. The zero-order valence-electron chi connectivity index (χ0n) is 30.5. The van der Waals surface area contributed by atoms with Gasteiger partial charge in [0, 0.05) is 88.0 Å². The molecule has 0 bridgehead atoms. The second-order valence-electron chi connectivity index (χ2n) is 14.6. The first-order valence-corrected chi connectivity index (χ1v) is 19.3. The van der Waals surface area contributed by atoms with Crippen molar-refractivity contribution >= 4 is 63.5 Å². The van der Waals surface area contributed by atoms with E-state index in [1.54, 1.807) is 10.7 Å². The Balaban J connectivity index is 0.872. The molecule has 14 nitrogen and oxygen atoms in total. The molecule has 9 rings (SSSR count). The van der Waals surface area contributed by atoms with E-state index in [0.29, 0.717) is 29.2 Å². The molecule has 2 aromatic carbocycles. The Morgan fingerprint density at radius 2 is 1.80 bits per heavy atom. The van der Waals surface area contributed by atoms with Crippen LogP contribution in [0, 0.1) is 0 Å². The predicted molar refractivity (Wildman–Crippen MR) is 212 cm³/mol. The number of amides is 3. The molecule has 15 heteroatoms. The summed E-state index contributed by atoms with van der Waals surface area (Å²) in [7, 11) is 1.85. The highest BCUT2D eigenvalue weighted by atomic mass is 35.5. The van der Waals surface area contributed by atoms with Crippen molar-refractivity contribution in [3.63, 3.8) is 0 Å². The highest BCUT2D eigenvalue weighted by Gasteiger charge is 2.30. The molecule has 1 aliphatic carbocycles. The number of anilines is 5. The highest BCUT2D eigenvalue weighted by molar-refractivity contribution is 6.33. The number of hydrogen-bond donors (Lipinski definition) is 4. The summed E-state index contributed by atoms with van der Waals surface area (Å²) in [6.45, 7) is 4.99. The lowest BCUT2D eigenvalue weighted by Crippen LogP contribution is -2.47. The molecule has 0 radical (unpaired) electrons. The number of nitrogens with one attached hydrogen (secondary N) is 4. The molecule has 1 unspecified atom stereocenters. The topological polar surface area (TPSA) is 152 Å². The number of nitrogens with zero attached hydrogens (tertiary/aromatic N) is 7. The van der Waals surface area contributed by atoms with Crippen molar-refractivity contribution in [2.24, 2.45) is 0 Å². The zero-order chi connectivity index (χ0) is 37.6. The second kappa shape index (κ2) is 14.5. The molecule has 55 heavy (non-hydrogen) atoms. The smallest absolute Gasteiger partial charge is 0.271 e. The number of benzene rings is 2. The van der Waals surface area contributed by atoms with Crippen LogP contribution in [0.25, 0.3) is 16.9 Å². The first kappa shape index (κ1) is 35.0. The third-order valence-electron chi connectivity index (χ3n) is 10.9. The largest absolute Gasteiger partial charge is 0.385 e. The van der Waals surface area contributed by atoms with E-state index in [1.165, 1.54) is 11.1 Å². The van der Waals surface area contributed by atoms with Crippen LogP contribution in [0.1, 0.15) is 47.3 Å². The van der Waals surface area contributed by atoms with Gasteiger partial charge in [-0.1, -0.05) is 23.7 Å². The number of imidazole rings is 1. The molecule has 3 fully saturated rings. The highest BCUT2D eigenvalue weighted by Crippen LogP contribution is 2.40. The summed E-state index contributed by atoms with van der Waals surface area (Å²) in [5.41, 5.74) is 9.13. The molecular weight excluding hydrogens is 718 g/mol. The Labute approximate surface area is 323 Å². The first-order valence-electron chi connectivity index (χ1n) is 18.9. The third-order valence-corrected chi connectivity index (χ3v) is 11.2. The predicted octanol–water partition coefficient (Wildman–Crippen LogP) is 4.61. The molecule has 4 N–H and O–H groups in total. The minimum Gasteiger partial charge on any atom is -0.385 e. The van der Waals surface area contributed by atoms with Crippen LogP contribution in [0.4, 0.5) is 28.6 Å². The number of piperazine rings is 1. The van der Waals surface area contributed by atoms with E-state index < -0.39 is 6.04 Å². The summed E-state index contributed by atoms with van der Waals surface area (Å²) in [5, 5.41) is 17.5. The summed E-state index contributed by atoms with van der Waals surface area (Å²) in [5.74, 6) is 0.0467. The molecule has 0 spiro atoms. The average molecular weight is 760 g/mol. The molecule has 6 heterocycles. The lowest BCUT2D eigenvalue weighted by Gasteiger charge is -2.36. The third kappa shape index (κ3) is 7.03. The van der Waals surface area contributed by atoms with Crippen LogP contribution in [-0.4, -0.2) is 94.1 Å². The number of carbonyl (C=O) groups is 3. The zero-order valence-corrected chi connectivity index (χ0v) is 31.3. The minimum absolute atomic E-state index is 0.157. The minimum atomic E-state index is -0.455. The van der Waals surface area contributed by atoms with Crippen molar-refractivity contribution in [1.82, 2.24) is 35.1 Å². The van der Waals surface area contributed by atoms with E-state index in [1.807, 2.05) is 37.5 Å². The number of carbonyl (C=O) groups excluding carboxylic acids is 3. The Bertz CT molecular complexity index is 2320. The van der Waals surface area contributed by atoms with Gasteiger partial charge in [-0.3, -0.25) is 29.6 Å². The number of piperidine rings is 1. The van der Waals surface area contributed by atoms with Crippen LogP contribution in [0.2, 0.25) is 5.02 Å². The Morgan fingerprint density at radius 1 is 0.945 bits per heavy atom. The molecular formula is C40H42ClN11O3. The summed E-state index contributed by atoms with van der Waals surface area (Å²) in [6, 6.07) is 18.2. The van der Waals surface area contributed by atoms with Gasteiger partial charge in [-0.25, -0.2) is 9.50 Å². The summed E-state index contributed by atoms with van der Waals surface area (Å²) >= 11 is 6.75. The van der Waals surface area contributed by atoms with Gasteiger partial charge in [-0.15, -0.1) is 5.10 Å². The van der Waals surface area contributed by atoms with Gasteiger partial charge < -0.3 is 25.8 Å². The first-order chi connectivity index (χ1) is 26.8. The normalized spacial score (nSPS) is 18.7. The van der Waals surface area contributed by atoms with Crippen LogP contribution in [0.5, 0.6) is 0 Å². The van der Waals surface area contributed by atoms with Crippen molar-refractivity contribution < 1.29 is 14.4 Å². The maximum absolute atomic E-state index is 13.0. The molecule has 3 amide bonds. The second-order valence-corrected chi connectivity index (χ2v) is 15.0. The van der Waals surface area contributed by atoms with Gasteiger partial charge in [-0.05, 0) is 73.2 Å². The number of aromatic nitrogens is 4. The van der Waals surface area contributed by atoms with Gasteiger partial charge in [-0.2, -0.15) is 0 Å². The summed E-state index contributed by atoms with van der Waals surface area (Å²) in [4.78, 5) is 53.0. The van der Waals surface area contributed by atoms with Gasteiger partial charge in [0.2, 0.25) is 11.8 Å². The fourth-order valence-electron chi connectivity index (χ4n) is 7.84. The average Bonchev–Trinajstić information content (AvgIpc) is 3.72. The molecule has 3 aliphatic heterocycles. The quantitative estimate of drug-likeness (QED) is 0.148. The number of rotatable bonds is 10. The van der Waals surface area contributed by atoms with Gasteiger partial charge in [0.05, 0.1) is 28.3 Å². The van der Waals surface area contributed by atoms with E-state index in [2.05, 4.69) is 71.3 Å². The molecule has 4 aliphatic rings. The SMILES string of the molecule is CNc1cc(N2CCc3c(-c4cc(CN5CCN(c6ccc(NC7CCC(=O)NC7=O)cc6Cl)CC5)ccn4)cccc32)nn2c(C(=O)NC3CC3)cnc12. The van der Waals surface area contributed by atoms with Crippen molar-refractivity contribution in [2.75, 3.05) is 60.2 Å². The number of imide groups is 1. The van der Waals surface area contributed by atoms with Crippen LogP contribution >= 0.6 is 11.6 Å². The van der Waals surface area contributed by atoms with Gasteiger partial charge in [0.25, 0.3) is 5.91 Å². The Kier molecular flexibility index (Phi) is 9.22. The maximum Gasteiger partial charge on any atom is 0.271 e. The van der Waals surface area contributed by atoms with Crippen LogP contribution < -0.4 is 31.1 Å². The summed E-state index contributed by atoms with van der Waals surface area (Å²) < 4.78 is 1.65. The van der Waals surface area contributed by atoms with E-state index in [9.17, 15) is 14.4 Å². The van der Waals surface area contributed by atoms with E-state index in [0.717, 1.165) is 98.4 Å². The monoisotopic (exact) mass is 759 g/mol. The van der Waals surface area contributed by atoms with Crippen LogP contribution in [0.3, 0.4) is 0 Å². The van der Waals surface area contributed by atoms with E-state index in [-0.39, 0.29) is 23.8 Å². The van der Waals surface area contributed by atoms with Crippen molar-refractivity contribution in [2.45, 2.75) is 50.7 Å². The van der Waals surface area contributed by atoms with E-state index in [4.69, 9.17) is 21.7 Å². The Morgan fingerprint density at radius 3 is 2.58 bits per heavy atom. The Hall–Kier alpha value is -5.73. The lowest BCUT2D eigenvalue weighted by molar-refractivity contribution is -0.133. The van der Waals surface area contributed by atoms with Crippen molar-refractivity contribution in [1.29, 1.82) is 0 Å². The van der Waals surface area contributed by atoms with Gasteiger partial charge >= 0.3 is 0 Å². The number of halogens is 1. The molecule has 282 valence electrons. The van der Waals surface area contributed by atoms with E-state index >= 15 is 0 Å². The van der Waals surface area contributed by atoms with Crippen LogP contribution in [-0.2, 0) is 22.6 Å². The maximum atomic E-state index is 13.0. The number of hydrogen-bond acceptors (Lipinski definition) is 11. The molecule has 1 atom stereocenters. The summed E-state index contributed by atoms with van der Waals surface area (Å²) in [6.07, 6.45) is 7.13. The van der Waals surface area contributed by atoms with Gasteiger partial charge in [0.15, 0.2) is 17.2 Å². The fraction of sp³-hybridized carbons (Fsp3) is 0.350. The molecule has 2 saturated heterocycles. The molecule has 5 aromatic rings. The number of pyridine rings is 1. The van der Waals surface area contributed by atoms with Gasteiger partial charge in [0.1, 0.15) is 6.04 Å². The number of fused-ring (bicyclic) bond motifs is 2. The lowest BCUT2D eigenvalue weighted by atomic mass is 10.0. The van der Waals surface area contributed by atoms with Crippen molar-refractivity contribution in [3.8, 4) is 11.3 Å².